The molecule has 0 atom stereocenters. The summed E-state index contributed by atoms with van der Waals surface area (Å²) in [7, 11) is 1.30. The first-order chi connectivity index (χ1) is 5.43. The molecular weight excluding hydrogens is 182 g/mol. The fourth-order valence-corrected chi connectivity index (χ4v) is 1.56. The third kappa shape index (κ3) is 3.29. The van der Waals surface area contributed by atoms with Gasteiger partial charge in [0.15, 0.2) is 0 Å². The molecule has 3 nitrogen and oxygen atoms in total. The first kappa shape index (κ1) is 8.42. The van der Waals surface area contributed by atoms with Crippen molar-refractivity contribution in [2.45, 2.75) is 5.03 Å². The van der Waals surface area contributed by atoms with Gasteiger partial charge in [-0.1, -0.05) is 6.07 Å². The number of nitrogens with zero attached hydrogens (tertiary/aromatic N) is 1. The Labute approximate surface area is 72.1 Å². The Kier molecular flexibility index (Phi) is 3.85. The number of rotatable bonds is 4. The molecule has 11 heavy (non-hydrogen) atoms. The molecule has 0 radical (unpaired) electrons. The van der Waals surface area contributed by atoms with Crippen LogP contribution in [0.5, 0.6) is 0 Å². The molecule has 1 heterocycles. The minimum Gasteiger partial charge on any atom is -0.381 e. The van der Waals surface area contributed by atoms with E-state index in [1.165, 1.54) is 10.8 Å². The summed E-state index contributed by atoms with van der Waals surface area (Å²) in [5.74, 6) is 0. The predicted molar refractivity (Wildman–Crippen MR) is 44.8 cm³/mol. The van der Waals surface area contributed by atoms with Gasteiger partial charge in [-0.25, -0.2) is 4.98 Å². The second kappa shape index (κ2) is 5.03. The number of carbonyl (C=O) groups is 1. The van der Waals surface area contributed by atoms with E-state index in [9.17, 15) is 4.79 Å². The van der Waals surface area contributed by atoms with Gasteiger partial charge in [-0.15, -0.1) is 0 Å². The van der Waals surface area contributed by atoms with Crippen LogP contribution < -0.4 is 0 Å². The van der Waals surface area contributed by atoms with E-state index in [0.29, 0.717) is 6.47 Å². The number of aromatic nitrogens is 1. The molecule has 58 valence electrons. The monoisotopic (exact) mass is 187 g/mol. The largest absolute Gasteiger partial charge is 0.381 e. The highest BCUT2D eigenvalue weighted by Crippen LogP contribution is 2.28. The smallest absolute Gasteiger partial charge is 0.306 e. The number of hydrogen-bond donors (Lipinski definition) is 0. The average molecular weight is 187 g/mol. The Bertz CT molecular complexity index is 217. The summed E-state index contributed by atoms with van der Waals surface area (Å²) >= 11 is 0.992. The van der Waals surface area contributed by atoms with Crippen LogP contribution in [-0.2, 0) is 8.98 Å². The number of pyridine rings is 1. The lowest BCUT2D eigenvalue weighted by atomic mass is 10.5. The summed E-state index contributed by atoms with van der Waals surface area (Å²) in [6, 6.07) is 5.54. The molecular formula is C6H5NO2S2. The van der Waals surface area contributed by atoms with E-state index in [0.717, 1.165) is 16.1 Å². The summed E-state index contributed by atoms with van der Waals surface area (Å²) < 4.78 is 4.40. The molecule has 0 saturated carbocycles. The third-order valence-electron chi connectivity index (χ3n) is 0.836. The van der Waals surface area contributed by atoms with Crippen molar-refractivity contribution in [1.82, 2.24) is 4.98 Å². The van der Waals surface area contributed by atoms with Crippen LogP contribution >= 0.6 is 21.9 Å². The Morgan fingerprint density at radius 3 is 3.09 bits per heavy atom. The zero-order valence-electron chi connectivity index (χ0n) is 5.47. The van der Waals surface area contributed by atoms with Crippen molar-refractivity contribution < 1.29 is 8.98 Å². The zero-order chi connectivity index (χ0) is 7.94. The van der Waals surface area contributed by atoms with Gasteiger partial charge >= 0.3 is 6.47 Å². The molecule has 0 aromatic carbocycles. The molecule has 0 aliphatic rings. The predicted octanol–water partition coefficient (Wildman–Crippen LogP) is 1.91. The van der Waals surface area contributed by atoms with Crippen LogP contribution in [-0.4, -0.2) is 11.5 Å². The van der Waals surface area contributed by atoms with Crippen molar-refractivity contribution in [3.05, 3.63) is 24.4 Å². The molecule has 0 fully saturated rings. The number of hydrogen-bond acceptors (Lipinski definition) is 5. The van der Waals surface area contributed by atoms with E-state index in [4.69, 9.17) is 0 Å². The van der Waals surface area contributed by atoms with Gasteiger partial charge in [0.1, 0.15) is 16.1 Å². The fraction of sp³-hybridized carbons (Fsp3) is 0. The van der Waals surface area contributed by atoms with E-state index in [1.807, 2.05) is 18.2 Å². The molecule has 1 aromatic rings. The maximum absolute atomic E-state index is 9.72. The average Bonchev–Trinajstić information content (AvgIpc) is 2.07. The van der Waals surface area contributed by atoms with Crippen molar-refractivity contribution in [2.75, 3.05) is 0 Å². The van der Waals surface area contributed by atoms with Gasteiger partial charge in [0.05, 0.1) is 0 Å². The minimum atomic E-state index is 0.389. The van der Waals surface area contributed by atoms with Crippen LogP contribution in [0, 0.1) is 0 Å². The SMILES string of the molecule is O=COSSc1ccccn1. The summed E-state index contributed by atoms with van der Waals surface area (Å²) in [5.41, 5.74) is 0. The molecule has 1 aromatic heterocycles. The summed E-state index contributed by atoms with van der Waals surface area (Å²) in [6.45, 7) is 0.389. The fourth-order valence-electron chi connectivity index (χ4n) is 0.467. The van der Waals surface area contributed by atoms with Crippen molar-refractivity contribution in [1.29, 1.82) is 0 Å². The Morgan fingerprint density at radius 2 is 2.45 bits per heavy atom. The van der Waals surface area contributed by atoms with E-state index < -0.39 is 0 Å². The quantitative estimate of drug-likeness (QED) is 0.311. The minimum absolute atomic E-state index is 0.389. The highest BCUT2D eigenvalue weighted by atomic mass is 33.1. The van der Waals surface area contributed by atoms with Gasteiger partial charge in [-0.05, 0) is 12.1 Å². The Morgan fingerprint density at radius 1 is 1.55 bits per heavy atom. The molecule has 5 heteroatoms. The van der Waals surface area contributed by atoms with Crippen LogP contribution in [0.2, 0.25) is 0 Å². The van der Waals surface area contributed by atoms with Gasteiger partial charge in [-0.2, -0.15) is 0 Å². The lowest BCUT2D eigenvalue weighted by Gasteiger charge is -1.93. The van der Waals surface area contributed by atoms with Crippen LogP contribution in [0.3, 0.4) is 0 Å². The summed E-state index contributed by atoms with van der Waals surface area (Å²) in [6.07, 6.45) is 1.68. The van der Waals surface area contributed by atoms with Crippen LogP contribution in [0.25, 0.3) is 0 Å². The first-order valence-electron chi connectivity index (χ1n) is 2.78. The topological polar surface area (TPSA) is 39.2 Å². The Balaban J connectivity index is 2.33. The second-order valence-corrected chi connectivity index (χ2v) is 3.33. The maximum Gasteiger partial charge on any atom is 0.306 e. The zero-order valence-corrected chi connectivity index (χ0v) is 7.10. The highest BCUT2D eigenvalue weighted by Gasteiger charge is 1.93. The van der Waals surface area contributed by atoms with Crippen LogP contribution in [0.15, 0.2) is 29.4 Å². The van der Waals surface area contributed by atoms with Gasteiger partial charge in [0.25, 0.3) is 0 Å². The molecule has 1 rings (SSSR count). The lowest BCUT2D eigenvalue weighted by Crippen LogP contribution is -1.74. The lowest BCUT2D eigenvalue weighted by molar-refractivity contribution is -0.119. The molecule has 0 amide bonds. The van der Waals surface area contributed by atoms with E-state index in [-0.39, 0.29) is 0 Å². The molecule has 0 bridgehead atoms. The van der Waals surface area contributed by atoms with Gasteiger partial charge in [-0.3, -0.25) is 4.79 Å². The Hall–Kier alpha value is -0.680. The summed E-state index contributed by atoms with van der Waals surface area (Å²) in [5, 5.41) is 0.819. The molecule has 0 N–H and O–H groups in total. The van der Waals surface area contributed by atoms with Crippen molar-refractivity contribution in [2.24, 2.45) is 0 Å². The molecule has 0 unspecified atom stereocenters. The molecule has 0 aliphatic carbocycles. The second-order valence-electron chi connectivity index (χ2n) is 1.51. The standard InChI is InChI=1S/C6H5NO2S2/c8-5-9-11-10-6-3-1-2-4-7-6/h1-5H. The maximum atomic E-state index is 9.72. The molecule has 0 aliphatic heterocycles. The van der Waals surface area contributed by atoms with Crippen LogP contribution in [0.4, 0.5) is 0 Å². The summed E-state index contributed by atoms with van der Waals surface area (Å²) in [4.78, 5) is 13.7. The van der Waals surface area contributed by atoms with E-state index >= 15 is 0 Å². The van der Waals surface area contributed by atoms with Crippen LogP contribution in [0.1, 0.15) is 0 Å². The van der Waals surface area contributed by atoms with Crippen molar-refractivity contribution in [3.8, 4) is 0 Å². The normalized spacial score (nSPS) is 9.09. The third-order valence-corrected chi connectivity index (χ3v) is 2.43. The van der Waals surface area contributed by atoms with Gasteiger partial charge in [0, 0.05) is 17.0 Å². The van der Waals surface area contributed by atoms with Crippen molar-refractivity contribution in [3.63, 3.8) is 0 Å². The van der Waals surface area contributed by atoms with Gasteiger partial charge < -0.3 is 4.18 Å². The van der Waals surface area contributed by atoms with Gasteiger partial charge in [0.2, 0.25) is 0 Å². The number of carbonyl (C=O) groups excluding carboxylic acids is 1. The highest BCUT2D eigenvalue weighted by molar-refractivity contribution is 8.74. The van der Waals surface area contributed by atoms with Crippen molar-refractivity contribution >= 4 is 28.3 Å². The first-order valence-corrected chi connectivity index (χ1v) is 4.85. The van der Waals surface area contributed by atoms with E-state index in [2.05, 4.69) is 9.17 Å². The van der Waals surface area contributed by atoms with E-state index in [1.54, 1.807) is 6.20 Å². The molecule has 0 spiro atoms. The molecule has 0 saturated heterocycles.